The van der Waals surface area contributed by atoms with Crippen LogP contribution in [0.5, 0.6) is 0 Å². The minimum Gasteiger partial charge on any atom is -0.331 e. The zero-order valence-corrected chi connectivity index (χ0v) is 10.9. The number of non-ortho nitro benzene ring substituents is 1. The molecular formula is C12H11N5O4. The molecule has 0 unspecified atom stereocenters. The molecule has 1 aromatic heterocycles. The molecular weight excluding hydrogens is 278 g/mol. The van der Waals surface area contributed by atoms with Crippen LogP contribution >= 0.6 is 0 Å². The number of nitrogens with zero attached hydrogens (tertiary/aromatic N) is 3. The Morgan fingerprint density at radius 1 is 1.33 bits per heavy atom. The Balaban J connectivity index is 2.55. The summed E-state index contributed by atoms with van der Waals surface area (Å²) in [5, 5.41) is 10.9. The molecule has 1 heterocycles. The number of hydrogen-bond donors (Lipinski definition) is 2. The van der Waals surface area contributed by atoms with Gasteiger partial charge in [-0.25, -0.2) is 10.8 Å². The van der Waals surface area contributed by atoms with E-state index < -0.39 is 16.6 Å². The zero-order valence-electron chi connectivity index (χ0n) is 10.9. The van der Waals surface area contributed by atoms with Gasteiger partial charge < -0.3 is 4.57 Å². The van der Waals surface area contributed by atoms with E-state index >= 15 is 0 Å². The van der Waals surface area contributed by atoms with E-state index in [0.717, 1.165) is 12.1 Å². The summed E-state index contributed by atoms with van der Waals surface area (Å²) >= 11 is 0. The highest BCUT2D eigenvalue weighted by Gasteiger charge is 2.20. The Morgan fingerprint density at radius 3 is 2.52 bits per heavy atom. The van der Waals surface area contributed by atoms with Crippen LogP contribution in [0.15, 0.2) is 30.6 Å². The van der Waals surface area contributed by atoms with Gasteiger partial charge in [0.25, 0.3) is 11.6 Å². The number of amides is 1. The number of aromatic nitrogens is 2. The minimum atomic E-state index is -0.729. The standard InChI is InChI=1S/C12H11N5O4/c1-16-3-2-14-11(16)10(18)7-4-8(12(19)15-13)6-9(5-7)17(20)21/h2-6H,13H2,1H3,(H,15,19). The van der Waals surface area contributed by atoms with E-state index in [0.29, 0.717) is 0 Å². The van der Waals surface area contributed by atoms with Gasteiger partial charge in [-0.3, -0.25) is 25.1 Å². The van der Waals surface area contributed by atoms with Crippen molar-refractivity contribution in [3.63, 3.8) is 0 Å². The highest BCUT2D eigenvalue weighted by atomic mass is 16.6. The number of hydrogen-bond acceptors (Lipinski definition) is 6. The number of carbonyl (C=O) groups excluding carboxylic acids is 2. The number of hydrazine groups is 1. The summed E-state index contributed by atoms with van der Waals surface area (Å²) in [6, 6.07) is 3.36. The number of ketones is 1. The largest absolute Gasteiger partial charge is 0.331 e. The van der Waals surface area contributed by atoms with Gasteiger partial charge in [0.15, 0.2) is 5.82 Å². The van der Waals surface area contributed by atoms with Crippen LogP contribution in [-0.4, -0.2) is 26.2 Å². The van der Waals surface area contributed by atoms with Gasteiger partial charge >= 0.3 is 0 Å². The molecule has 108 valence electrons. The molecule has 0 atom stereocenters. The van der Waals surface area contributed by atoms with Gasteiger partial charge in [0, 0.05) is 42.7 Å². The molecule has 0 spiro atoms. The molecule has 1 amide bonds. The minimum absolute atomic E-state index is 0.0166. The second kappa shape index (κ2) is 5.51. The van der Waals surface area contributed by atoms with Gasteiger partial charge in [0.05, 0.1) is 4.92 Å². The first-order valence-corrected chi connectivity index (χ1v) is 5.76. The lowest BCUT2D eigenvalue weighted by atomic mass is 10.0. The van der Waals surface area contributed by atoms with Crippen LogP contribution in [0.1, 0.15) is 26.5 Å². The second-order valence-electron chi connectivity index (χ2n) is 4.19. The van der Waals surface area contributed by atoms with Crippen molar-refractivity contribution < 1.29 is 14.5 Å². The van der Waals surface area contributed by atoms with Crippen LogP contribution in [0.4, 0.5) is 5.69 Å². The topological polar surface area (TPSA) is 133 Å². The normalized spacial score (nSPS) is 10.2. The smallest absolute Gasteiger partial charge is 0.270 e. The maximum atomic E-state index is 12.3. The fourth-order valence-electron chi connectivity index (χ4n) is 1.78. The van der Waals surface area contributed by atoms with E-state index in [2.05, 4.69) is 4.98 Å². The number of benzene rings is 1. The number of imidazole rings is 1. The molecule has 21 heavy (non-hydrogen) atoms. The summed E-state index contributed by atoms with van der Waals surface area (Å²) in [5.41, 5.74) is 1.39. The highest BCUT2D eigenvalue weighted by Crippen LogP contribution is 2.19. The number of nitro groups is 1. The molecule has 0 radical (unpaired) electrons. The van der Waals surface area contributed by atoms with Gasteiger partial charge in [-0.15, -0.1) is 0 Å². The molecule has 2 rings (SSSR count). The van der Waals surface area contributed by atoms with E-state index in [1.807, 2.05) is 5.43 Å². The van der Waals surface area contributed by atoms with Crippen molar-refractivity contribution in [2.24, 2.45) is 12.9 Å². The van der Waals surface area contributed by atoms with E-state index in [1.165, 1.54) is 16.8 Å². The molecule has 2 aromatic rings. The molecule has 1 aromatic carbocycles. The Labute approximate surface area is 118 Å². The number of rotatable bonds is 4. The van der Waals surface area contributed by atoms with Crippen molar-refractivity contribution in [1.82, 2.24) is 15.0 Å². The maximum Gasteiger partial charge on any atom is 0.270 e. The third-order valence-corrected chi connectivity index (χ3v) is 2.81. The fourth-order valence-corrected chi connectivity index (χ4v) is 1.78. The van der Waals surface area contributed by atoms with Crippen molar-refractivity contribution >= 4 is 17.4 Å². The molecule has 0 bridgehead atoms. The number of nitro benzene ring substituents is 1. The summed E-state index contributed by atoms with van der Waals surface area (Å²) in [6.45, 7) is 0. The summed E-state index contributed by atoms with van der Waals surface area (Å²) in [6.07, 6.45) is 3.00. The van der Waals surface area contributed by atoms with Crippen LogP contribution in [-0.2, 0) is 7.05 Å². The van der Waals surface area contributed by atoms with E-state index in [4.69, 9.17) is 5.84 Å². The average Bonchev–Trinajstić information content (AvgIpc) is 2.91. The van der Waals surface area contributed by atoms with Crippen LogP contribution in [0.2, 0.25) is 0 Å². The fraction of sp³-hybridized carbons (Fsp3) is 0.0833. The van der Waals surface area contributed by atoms with Crippen LogP contribution in [0.3, 0.4) is 0 Å². The lowest BCUT2D eigenvalue weighted by Gasteiger charge is -2.05. The van der Waals surface area contributed by atoms with Crippen molar-refractivity contribution in [3.05, 3.63) is 57.7 Å². The van der Waals surface area contributed by atoms with E-state index in [1.54, 1.807) is 13.2 Å². The molecule has 3 N–H and O–H groups in total. The second-order valence-corrected chi connectivity index (χ2v) is 4.19. The van der Waals surface area contributed by atoms with Crippen LogP contribution < -0.4 is 11.3 Å². The molecule has 0 aliphatic carbocycles. The first-order chi connectivity index (χ1) is 9.93. The predicted octanol–water partition coefficient (Wildman–Crippen LogP) is 0.163. The summed E-state index contributed by atoms with van der Waals surface area (Å²) < 4.78 is 1.48. The Morgan fingerprint density at radius 2 is 2.00 bits per heavy atom. The third kappa shape index (κ3) is 2.77. The molecule has 9 heteroatoms. The Hall–Kier alpha value is -3.07. The molecule has 0 fully saturated rings. The number of aryl methyl sites for hydroxylation is 1. The van der Waals surface area contributed by atoms with Crippen molar-refractivity contribution in [2.45, 2.75) is 0 Å². The number of carbonyl (C=O) groups is 2. The first-order valence-electron chi connectivity index (χ1n) is 5.76. The number of nitrogens with one attached hydrogen (secondary N) is 1. The molecule has 0 aliphatic rings. The SMILES string of the molecule is Cn1ccnc1C(=O)c1cc(C(=O)NN)cc([N+](=O)[O-])c1. The van der Waals surface area contributed by atoms with Crippen molar-refractivity contribution in [1.29, 1.82) is 0 Å². The first kappa shape index (κ1) is 14.3. The Kier molecular flexibility index (Phi) is 3.76. The van der Waals surface area contributed by atoms with Crippen LogP contribution in [0.25, 0.3) is 0 Å². The maximum absolute atomic E-state index is 12.3. The Bertz CT molecular complexity index is 737. The van der Waals surface area contributed by atoms with Gasteiger partial charge in [-0.05, 0) is 6.07 Å². The highest BCUT2D eigenvalue weighted by molar-refractivity contribution is 6.08. The lowest BCUT2D eigenvalue weighted by molar-refractivity contribution is -0.384. The summed E-state index contributed by atoms with van der Waals surface area (Å²) in [5.74, 6) is 3.85. The summed E-state index contributed by atoms with van der Waals surface area (Å²) in [7, 11) is 1.62. The number of nitrogen functional groups attached to an aromatic ring is 1. The number of nitrogens with two attached hydrogens (primary N) is 1. The van der Waals surface area contributed by atoms with Gasteiger partial charge in [0.2, 0.25) is 5.78 Å². The third-order valence-electron chi connectivity index (χ3n) is 2.81. The van der Waals surface area contributed by atoms with Gasteiger partial charge in [-0.2, -0.15) is 0 Å². The molecule has 9 nitrogen and oxygen atoms in total. The van der Waals surface area contributed by atoms with Gasteiger partial charge in [-0.1, -0.05) is 0 Å². The van der Waals surface area contributed by atoms with Crippen molar-refractivity contribution in [3.8, 4) is 0 Å². The van der Waals surface area contributed by atoms with Gasteiger partial charge in [0.1, 0.15) is 0 Å². The molecule has 0 saturated carbocycles. The predicted molar refractivity (Wildman–Crippen MR) is 71.4 cm³/mol. The van der Waals surface area contributed by atoms with E-state index in [9.17, 15) is 19.7 Å². The quantitative estimate of drug-likeness (QED) is 0.271. The average molecular weight is 289 g/mol. The van der Waals surface area contributed by atoms with Crippen molar-refractivity contribution in [2.75, 3.05) is 0 Å². The van der Waals surface area contributed by atoms with Crippen LogP contribution in [0, 0.1) is 10.1 Å². The monoisotopic (exact) mass is 289 g/mol. The summed E-state index contributed by atoms with van der Waals surface area (Å²) in [4.78, 5) is 37.9. The lowest BCUT2D eigenvalue weighted by Crippen LogP contribution is -2.30. The molecule has 0 aliphatic heterocycles. The molecule has 0 saturated heterocycles. The zero-order chi connectivity index (χ0) is 15.6. The van der Waals surface area contributed by atoms with E-state index in [-0.39, 0.29) is 22.6 Å².